The Morgan fingerprint density at radius 1 is 0.625 bits per heavy atom. The summed E-state index contributed by atoms with van der Waals surface area (Å²) in [5.74, 6) is -12.6. The standard InChI is InChI=1S/C75H84F2N12O13S2/c76-52-12-16-58-56(31-52)49(34-81-58)25-61-65(91)27-47(30-70(96)97)72(99)87-62(33-54-36-80-41-84-54)66(92)28-48(22-42-8-14-55(90)15-9-42)75(102)89-20-3-5-64(89)67(93)29-51(71(79)98)40-104-39-44-7-11-45-23-43(6-10-46(45)24-44)38-103-21-18-68(94)85-60(4-1-2-19-78)73(100)83-37-69(95)86-63(74(101)88-61)26-50-35-82-59-17-13-53(77)32-57(50)59/h6-17,23-24,31-32,34-36,41,47-48,51,60-64,81-82,90H,1-5,18-22,25-30,33,37-40,78H2,(H2,79,98)(H,80,84)(H,83,100)(H,85,94)(H,86,95)(H,87,99)(H,88,101)(H,96,97)/t47-,48+,51-,60-,61-,62-,63-,64-/m0/s1. The minimum Gasteiger partial charge on any atom is -0.508 e. The van der Waals surface area contributed by atoms with Crippen LogP contribution in [-0.4, -0.2) is 161 Å². The van der Waals surface area contributed by atoms with Gasteiger partial charge in [0.05, 0.1) is 49.3 Å². The van der Waals surface area contributed by atoms with Crippen LogP contribution in [0.2, 0.25) is 0 Å². The topological polar surface area (TPSA) is 404 Å². The van der Waals surface area contributed by atoms with Gasteiger partial charge in [-0.3, -0.25) is 52.7 Å². The molecule has 0 unspecified atom stereocenters. The van der Waals surface area contributed by atoms with Crippen molar-refractivity contribution in [1.29, 1.82) is 0 Å². The Hall–Kier alpha value is -10.3. The van der Waals surface area contributed by atoms with Gasteiger partial charge in [0.1, 0.15) is 29.5 Å². The number of nitrogens with zero attached hydrogens (tertiary/aromatic N) is 2. The van der Waals surface area contributed by atoms with Crippen LogP contribution >= 0.6 is 23.5 Å². The molecule has 8 atom stereocenters. The number of primary amides is 1. The fraction of sp³-hybridized carbons (Fsp3) is 0.387. The summed E-state index contributed by atoms with van der Waals surface area (Å²) in [5, 5.41) is 36.6. The predicted octanol–water partition coefficient (Wildman–Crippen LogP) is 6.21. The summed E-state index contributed by atoms with van der Waals surface area (Å²) in [6, 6.07) is 18.8. The number of aromatic nitrogens is 4. The molecule has 29 heteroatoms. The highest BCUT2D eigenvalue weighted by Gasteiger charge is 2.41. The van der Waals surface area contributed by atoms with E-state index >= 15 is 19.2 Å². The molecule has 14 N–H and O–H groups in total. The second-order valence-electron chi connectivity index (χ2n) is 26.6. The number of hydrogen-bond donors (Lipinski definition) is 12. The summed E-state index contributed by atoms with van der Waals surface area (Å²) in [6.45, 7) is -0.286. The molecule has 5 aromatic carbocycles. The average molecular weight is 1460 g/mol. The molecule has 3 aliphatic heterocycles. The number of unbranched alkanes of at least 4 members (excludes halogenated alkanes) is 1. The first kappa shape index (κ1) is 76.4. The molecule has 548 valence electrons. The zero-order valence-electron chi connectivity index (χ0n) is 57.0. The number of imidazole rings is 1. The van der Waals surface area contributed by atoms with Crippen molar-refractivity contribution in [1.82, 2.24) is 51.4 Å². The van der Waals surface area contributed by atoms with Crippen molar-refractivity contribution in [2.24, 2.45) is 29.2 Å². The van der Waals surface area contributed by atoms with Crippen LogP contribution < -0.4 is 38.1 Å². The number of fused-ring (bicyclic) bond motifs is 34. The van der Waals surface area contributed by atoms with Crippen LogP contribution in [0.15, 0.2) is 122 Å². The van der Waals surface area contributed by atoms with Crippen LogP contribution in [-0.2, 0) is 89.9 Å². The number of phenols is 1. The zero-order valence-corrected chi connectivity index (χ0v) is 58.7. The first-order valence-electron chi connectivity index (χ1n) is 34.5. The minimum absolute atomic E-state index is 0.0458. The third-order valence-corrected chi connectivity index (χ3v) is 21.1. The van der Waals surface area contributed by atoms with Crippen molar-refractivity contribution >= 4 is 121 Å². The molecule has 25 nitrogen and oxygen atoms in total. The summed E-state index contributed by atoms with van der Waals surface area (Å²) >= 11 is 2.94. The van der Waals surface area contributed by atoms with Gasteiger partial charge in [-0.05, 0) is 132 Å². The lowest BCUT2D eigenvalue weighted by Crippen LogP contribution is -2.55. The average Bonchev–Trinajstić information content (AvgIpc) is 1.76. The number of amides is 7. The van der Waals surface area contributed by atoms with Gasteiger partial charge in [0, 0.05) is 127 Å². The summed E-state index contributed by atoms with van der Waals surface area (Å²) in [6.07, 6.45) is 3.68. The monoisotopic (exact) mass is 1460 g/mol. The lowest BCUT2D eigenvalue weighted by atomic mass is 9.88. The summed E-state index contributed by atoms with van der Waals surface area (Å²) in [7, 11) is 0. The van der Waals surface area contributed by atoms with Crippen molar-refractivity contribution in [2.75, 3.05) is 31.1 Å². The molecule has 0 radical (unpaired) electrons. The zero-order chi connectivity index (χ0) is 74.0. The second kappa shape index (κ2) is 36.2. The molecule has 7 amide bonds. The minimum atomic E-state index is -1.76. The van der Waals surface area contributed by atoms with Crippen LogP contribution in [0.25, 0.3) is 32.6 Å². The maximum absolute atomic E-state index is 15.2. The molecular weight excluding hydrogens is 1380 g/mol. The number of H-pyrrole nitrogens is 3. The third-order valence-electron chi connectivity index (χ3n) is 18.9. The fourth-order valence-corrected chi connectivity index (χ4v) is 15.3. The van der Waals surface area contributed by atoms with Gasteiger partial charge < -0.3 is 68.1 Å². The van der Waals surface area contributed by atoms with E-state index in [-0.39, 0.29) is 63.0 Å². The summed E-state index contributed by atoms with van der Waals surface area (Å²) < 4.78 is 29.9. The van der Waals surface area contributed by atoms with Crippen LogP contribution in [0.5, 0.6) is 5.75 Å². The maximum Gasteiger partial charge on any atom is 0.304 e. The van der Waals surface area contributed by atoms with Gasteiger partial charge in [0.15, 0.2) is 17.3 Å². The van der Waals surface area contributed by atoms with Crippen molar-refractivity contribution in [3.05, 3.63) is 167 Å². The van der Waals surface area contributed by atoms with Gasteiger partial charge in [-0.1, -0.05) is 48.5 Å². The highest BCUT2D eigenvalue weighted by Crippen LogP contribution is 2.31. The van der Waals surface area contributed by atoms with Crippen LogP contribution in [0.1, 0.15) is 97.7 Å². The van der Waals surface area contributed by atoms with E-state index in [9.17, 15) is 52.6 Å². The lowest BCUT2D eigenvalue weighted by Gasteiger charge is -2.30. The number of Topliss-reactive ketones (excluding diaryl/α,β-unsaturated/α-hetero) is 3. The van der Waals surface area contributed by atoms with E-state index in [2.05, 4.69) is 52.6 Å². The number of thioether (sulfide) groups is 2. The van der Waals surface area contributed by atoms with Gasteiger partial charge >= 0.3 is 5.97 Å². The van der Waals surface area contributed by atoms with Crippen molar-refractivity contribution in [2.45, 2.75) is 132 Å². The molecule has 6 heterocycles. The Labute approximate surface area is 605 Å². The van der Waals surface area contributed by atoms with E-state index in [0.717, 1.165) is 21.9 Å². The number of hydrogen-bond acceptors (Lipinski definition) is 16. The van der Waals surface area contributed by atoms with E-state index in [4.69, 9.17) is 11.5 Å². The van der Waals surface area contributed by atoms with E-state index in [0.29, 0.717) is 87.3 Å². The second-order valence-corrected chi connectivity index (χ2v) is 28.7. The van der Waals surface area contributed by atoms with Crippen LogP contribution in [0.4, 0.5) is 8.78 Å². The van der Waals surface area contributed by atoms with Gasteiger partial charge in [-0.2, -0.15) is 23.5 Å². The first-order chi connectivity index (χ1) is 50.0. The molecule has 0 aliphatic carbocycles. The molecular formula is C75H84F2N12O13S2. The number of halogens is 2. The van der Waals surface area contributed by atoms with Gasteiger partial charge in [0.25, 0.3) is 0 Å². The molecule has 1 fully saturated rings. The molecule has 3 aromatic heterocycles. The Kier molecular flexibility index (Phi) is 26.6. The van der Waals surface area contributed by atoms with E-state index in [1.54, 1.807) is 12.1 Å². The SMILES string of the molecule is NCCCC[C@@H]1NC(=O)CCSCc2ccc3cc(ccc3c2)CSC[C@@H](C(N)=O)CC(=O)[C@@H]2CCCN2C(=O)[C@H](Cc2ccc(O)cc2)CC(=O)[C@H](Cc2cnc[nH]2)NC(=O)[C@H](CC(=O)O)CC(=O)[C@H](Cc2c[nH]c3ccc(F)cc23)NC(=O)[C@H](Cc2c[nH]c3ccc(F)cc23)NC(=O)CNC1=O. The molecule has 1 saturated heterocycles. The molecule has 0 spiro atoms. The summed E-state index contributed by atoms with van der Waals surface area (Å²) in [5.41, 5.74) is 16.1. The largest absolute Gasteiger partial charge is 0.508 e. The number of nitrogens with two attached hydrogens (primary N) is 2. The van der Waals surface area contributed by atoms with Crippen LogP contribution in [0, 0.1) is 29.4 Å². The number of aromatic hydroxyl groups is 1. The van der Waals surface area contributed by atoms with E-state index < -0.39 is 156 Å². The Morgan fingerprint density at radius 3 is 1.87 bits per heavy atom. The Morgan fingerprint density at radius 2 is 1.24 bits per heavy atom. The number of phenolic OH excluding ortho intramolecular Hbond substituents is 1. The van der Waals surface area contributed by atoms with Crippen molar-refractivity contribution < 1.29 is 71.7 Å². The van der Waals surface area contributed by atoms with Crippen molar-refractivity contribution in [3.63, 3.8) is 0 Å². The third kappa shape index (κ3) is 21.0. The molecule has 104 heavy (non-hydrogen) atoms. The normalized spacial score (nSPS) is 22.0. The number of carboxylic acids is 1. The first-order valence-corrected chi connectivity index (χ1v) is 36.9. The lowest BCUT2D eigenvalue weighted by molar-refractivity contribution is -0.144. The van der Waals surface area contributed by atoms with Gasteiger partial charge in [-0.15, -0.1) is 0 Å². The number of rotatable bonds is 15. The Balaban J connectivity index is 0.972. The maximum atomic E-state index is 15.2. The van der Waals surface area contributed by atoms with E-state index in [1.807, 2.05) is 30.3 Å². The van der Waals surface area contributed by atoms with Crippen LogP contribution in [0.3, 0.4) is 0 Å². The molecule has 0 saturated carbocycles. The number of carbonyl (C=O) groups excluding carboxylic acids is 10. The number of aromatic amines is 3. The smallest absolute Gasteiger partial charge is 0.304 e. The number of carboxylic acid groups (broad SMARTS) is 1. The van der Waals surface area contributed by atoms with Crippen molar-refractivity contribution in [3.8, 4) is 5.75 Å². The number of nitrogens with one attached hydrogen (secondary N) is 8. The highest BCUT2D eigenvalue weighted by atomic mass is 32.2. The number of carbonyl (C=O) groups is 11. The molecule has 3 aliphatic rings. The van der Waals surface area contributed by atoms with Gasteiger partial charge in [0.2, 0.25) is 41.4 Å². The number of benzene rings is 5. The number of ketones is 3. The summed E-state index contributed by atoms with van der Waals surface area (Å²) in [4.78, 5) is 172. The Bertz CT molecular complexity index is 4460. The predicted molar refractivity (Wildman–Crippen MR) is 388 cm³/mol. The molecule has 4 bridgehead atoms. The fourth-order valence-electron chi connectivity index (χ4n) is 13.3. The molecule has 8 aromatic rings. The van der Waals surface area contributed by atoms with Gasteiger partial charge in [-0.25, -0.2) is 13.8 Å². The highest BCUT2D eigenvalue weighted by molar-refractivity contribution is 7.98. The van der Waals surface area contributed by atoms with E-state index in [1.165, 1.54) is 102 Å². The molecule has 11 rings (SSSR count). The number of aliphatic carboxylic acids is 1. The quantitative estimate of drug-likeness (QED) is 0.0401.